The van der Waals surface area contributed by atoms with Crippen LogP contribution in [0.5, 0.6) is 0 Å². The molecule has 0 N–H and O–H groups in total. The second kappa shape index (κ2) is 4.96. The molecule has 1 heterocycles. The Hall–Kier alpha value is -0.590. The summed E-state index contributed by atoms with van der Waals surface area (Å²) in [6.07, 6.45) is 2.12. The molecule has 1 unspecified atom stereocenters. The standard InChI is InChI=1S/C12H22N2O/c1-10(15-12(2,3)4)14-7-5-11(9-13)6-8-14/h10-11H,5-8H2,1-4H3. The van der Waals surface area contributed by atoms with E-state index < -0.39 is 0 Å². The lowest BCUT2D eigenvalue weighted by atomic mass is 9.98. The van der Waals surface area contributed by atoms with E-state index in [1.807, 2.05) is 0 Å². The second-order valence-electron chi connectivity index (χ2n) is 5.27. The van der Waals surface area contributed by atoms with E-state index in [2.05, 4.69) is 38.7 Å². The van der Waals surface area contributed by atoms with Crippen LogP contribution in [-0.2, 0) is 4.74 Å². The molecule has 0 aliphatic carbocycles. The number of likely N-dealkylation sites (tertiary alicyclic amines) is 1. The Morgan fingerprint density at radius 1 is 1.33 bits per heavy atom. The molecule has 1 atom stereocenters. The summed E-state index contributed by atoms with van der Waals surface area (Å²) in [5.74, 6) is 0.253. The van der Waals surface area contributed by atoms with Crippen molar-refractivity contribution < 1.29 is 4.74 Å². The predicted octanol–water partition coefficient (Wildman–Crippen LogP) is 2.38. The topological polar surface area (TPSA) is 36.3 Å². The zero-order valence-electron chi connectivity index (χ0n) is 10.3. The summed E-state index contributed by atoms with van der Waals surface area (Å²) in [4.78, 5) is 2.32. The van der Waals surface area contributed by atoms with Crippen molar-refractivity contribution in [2.75, 3.05) is 13.1 Å². The van der Waals surface area contributed by atoms with Crippen molar-refractivity contribution >= 4 is 0 Å². The molecule has 1 aliphatic heterocycles. The van der Waals surface area contributed by atoms with Gasteiger partial charge in [0.1, 0.15) is 6.23 Å². The Labute approximate surface area is 93.0 Å². The van der Waals surface area contributed by atoms with Crippen LogP contribution >= 0.6 is 0 Å². The van der Waals surface area contributed by atoms with Gasteiger partial charge in [-0.15, -0.1) is 0 Å². The lowest BCUT2D eigenvalue weighted by molar-refractivity contribution is -0.129. The first-order valence-corrected chi connectivity index (χ1v) is 5.74. The fraction of sp³-hybridized carbons (Fsp3) is 0.917. The molecular weight excluding hydrogens is 188 g/mol. The van der Waals surface area contributed by atoms with Gasteiger partial charge >= 0.3 is 0 Å². The van der Waals surface area contributed by atoms with Crippen molar-refractivity contribution in [2.45, 2.75) is 52.4 Å². The molecule has 0 radical (unpaired) electrons. The molecule has 0 amide bonds. The highest BCUT2D eigenvalue weighted by atomic mass is 16.5. The van der Waals surface area contributed by atoms with Gasteiger partial charge < -0.3 is 4.74 Å². The van der Waals surface area contributed by atoms with E-state index >= 15 is 0 Å². The number of hydrogen-bond donors (Lipinski definition) is 0. The molecule has 0 aromatic heterocycles. The molecule has 3 nitrogen and oxygen atoms in total. The molecule has 1 aliphatic rings. The number of piperidine rings is 1. The van der Waals surface area contributed by atoms with Crippen LogP contribution in [0.2, 0.25) is 0 Å². The first-order valence-electron chi connectivity index (χ1n) is 5.74. The maximum absolute atomic E-state index is 8.80. The van der Waals surface area contributed by atoms with Gasteiger partial charge in [-0.25, -0.2) is 0 Å². The third kappa shape index (κ3) is 4.19. The van der Waals surface area contributed by atoms with Gasteiger partial charge in [0, 0.05) is 19.0 Å². The molecule has 1 fully saturated rings. The van der Waals surface area contributed by atoms with Crippen LogP contribution < -0.4 is 0 Å². The van der Waals surface area contributed by atoms with Gasteiger partial charge in [0.25, 0.3) is 0 Å². The molecule has 0 spiro atoms. The van der Waals surface area contributed by atoms with Crippen LogP contribution in [0.15, 0.2) is 0 Å². The lowest BCUT2D eigenvalue weighted by Gasteiger charge is -2.37. The van der Waals surface area contributed by atoms with Crippen LogP contribution in [0.4, 0.5) is 0 Å². The molecule has 0 bridgehead atoms. The Kier molecular flexibility index (Phi) is 4.12. The first-order chi connectivity index (χ1) is 6.92. The Morgan fingerprint density at radius 3 is 2.27 bits per heavy atom. The molecular formula is C12H22N2O. The van der Waals surface area contributed by atoms with Crippen LogP contribution in [0.3, 0.4) is 0 Å². The van der Waals surface area contributed by atoms with Gasteiger partial charge in [-0.2, -0.15) is 5.26 Å². The maximum Gasteiger partial charge on any atom is 0.108 e. The van der Waals surface area contributed by atoms with Crippen molar-refractivity contribution in [2.24, 2.45) is 5.92 Å². The summed E-state index contributed by atoms with van der Waals surface area (Å²) in [7, 11) is 0. The zero-order valence-corrected chi connectivity index (χ0v) is 10.3. The number of nitriles is 1. The monoisotopic (exact) mass is 210 g/mol. The van der Waals surface area contributed by atoms with Crippen LogP contribution in [-0.4, -0.2) is 29.8 Å². The third-order valence-corrected chi connectivity index (χ3v) is 2.75. The summed E-state index contributed by atoms with van der Waals surface area (Å²) >= 11 is 0. The van der Waals surface area contributed by atoms with E-state index in [-0.39, 0.29) is 17.7 Å². The van der Waals surface area contributed by atoms with Gasteiger partial charge in [0.2, 0.25) is 0 Å². The van der Waals surface area contributed by atoms with Gasteiger partial charge in [-0.05, 0) is 40.5 Å². The van der Waals surface area contributed by atoms with Gasteiger partial charge in [0.05, 0.1) is 11.7 Å². The molecule has 1 saturated heterocycles. The minimum Gasteiger partial charge on any atom is -0.358 e. The van der Waals surface area contributed by atoms with Crippen molar-refractivity contribution in [3.63, 3.8) is 0 Å². The van der Waals surface area contributed by atoms with E-state index in [1.54, 1.807) is 0 Å². The Bertz CT molecular complexity index is 231. The second-order valence-corrected chi connectivity index (χ2v) is 5.27. The minimum absolute atomic E-state index is 0.0918. The summed E-state index contributed by atoms with van der Waals surface area (Å²) < 4.78 is 5.89. The summed E-state index contributed by atoms with van der Waals surface area (Å²) in [5, 5.41) is 8.80. The van der Waals surface area contributed by atoms with E-state index in [0.29, 0.717) is 0 Å². The fourth-order valence-electron chi connectivity index (χ4n) is 1.98. The van der Waals surface area contributed by atoms with Crippen LogP contribution in [0.25, 0.3) is 0 Å². The number of hydrogen-bond acceptors (Lipinski definition) is 3. The molecule has 0 saturated carbocycles. The number of ether oxygens (including phenoxy) is 1. The molecule has 0 aromatic rings. The fourth-order valence-corrected chi connectivity index (χ4v) is 1.98. The van der Waals surface area contributed by atoms with Crippen LogP contribution in [0.1, 0.15) is 40.5 Å². The predicted molar refractivity (Wildman–Crippen MR) is 60.2 cm³/mol. The van der Waals surface area contributed by atoms with Crippen molar-refractivity contribution in [1.29, 1.82) is 5.26 Å². The molecule has 0 aromatic carbocycles. The highest BCUT2D eigenvalue weighted by Gasteiger charge is 2.25. The van der Waals surface area contributed by atoms with E-state index in [1.165, 1.54) is 0 Å². The summed E-state index contributed by atoms with van der Waals surface area (Å²) in [6, 6.07) is 2.34. The van der Waals surface area contributed by atoms with Gasteiger partial charge in [-0.3, -0.25) is 4.90 Å². The lowest BCUT2D eigenvalue weighted by Crippen LogP contribution is -2.44. The highest BCUT2D eigenvalue weighted by Crippen LogP contribution is 2.21. The normalized spacial score (nSPS) is 22.3. The smallest absolute Gasteiger partial charge is 0.108 e. The molecule has 3 heteroatoms. The van der Waals surface area contributed by atoms with Gasteiger partial charge in [-0.1, -0.05) is 0 Å². The average molecular weight is 210 g/mol. The average Bonchev–Trinajstić information content (AvgIpc) is 2.15. The number of nitrogens with zero attached hydrogens (tertiary/aromatic N) is 2. The SMILES string of the molecule is CC(OC(C)(C)C)N1CCC(C#N)CC1. The molecule has 86 valence electrons. The maximum atomic E-state index is 8.80. The highest BCUT2D eigenvalue weighted by molar-refractivity contribution is 4.87. The van der Waals surface area contributed by atoms with Crippen molar-refractivity contribution in [3.8, 4) is 6.07 Å². The van der Waals surface area contributed by atoms with Crippen LogP contribution in [0, 0.1) is 17.2 Å². The minimum atomic E-state index is -0.0918. The Balaban J connectivity index is 2.37. The van der Waals surface area contributed by atoms with Gasteiger partial charge in [0.15, 0.2) is 0 Å². The number of rotatable bonds is 2. The zero-order chi connectivity index (χ0) is 11.5. The van der Waals surface area contributed by atoms with E-state index in [4.69, 9.17) is 10.00 Å². The van der Waals surface area contributed by atoms with E-state index in [0.717, 1.165) is 25.9 Å². The van der Waals surface area contributed by atoms with E-state index in [9.17, 15) is 0 Å². The van der Waals surface area contributed by atoms with Crippen molar-refractivity contribution in [1.82, 2.24) is 4.90 Å². The largest absolute Gasteiger partial charge is 0.358 e. The van der Waals surface area contributed by atoms with Crippen molar-refractivity contribution in [3.05, 3.63) is 0 Å². The summed E-state index contributed by atoms with van der Waals surface area (Å²) in [5.41, 5.74) is -0.0918. The Morgan fingerprint density at radius 2 is 1.87 bits per heavy atom. The molecule has 15 heavy (non-hydrogen) atoms. The summed E-state index contributed by atoms with van der Waals surface area (Å²) in [6.45, 7) is 10.3. The molecule has 1 rings (SSSR count). The third-order valence-electron chi connectivity index (χ3n) is 2.75. The first kappa shape index (κ1) is 12.5. The quantitative estimate of drug-likeness (QED) is 0.702.